The van der Waals surface area contributed by atoms with Gasteiger partial charge < -0.3 is 4.74 Å². The van der Waals surface area contributed by atoms with Crippen molar-refractivity contribution in [3.8, 4) is 11.9 Å². The first kappa shape index (κ1) is 15.8. The highest BCUT2D eigenvalue weighted by atomic mass is 127. The number of rotatable bonds is 2. The topological polar surface area (TPSA) is 45.9 Å². The molecule has 1 aromatic rings. The Labute approximate surface area is 116 Å². The van der Waals surface area contributed by atoms with Gasteiger partial charge >= 0.3 is 12.5 Å². The summed E-state index contributed by atoms with van der Waals surface area (Å²) < 4.78 is 77.0. The van der Waals surface area contributed by atoms with Crippen LogP contribution < -0.4 is 4.74 Å². The molecule has 19 heavy (non-hydrogen) atoms. The van der Waals surface area contributed by atoms with Crippen LogP contribution in [0.15, 0.2) is 6.07 Å². The first-order chi connectivity index (χ1) is 8.54. The van der Waals surface area contributed by atoms with Crippen LogP contribution in [0.5, 0.6) is 5.88 Å². The zero-order valence-electron chi connectivity index (χ0n) is 8.73. The predicted octanol–water partition coefficient (Wildman–Crippen LogP) is 3.67. The van der Waals surface area contributed by atoms with Gasteiger partial charge in [0.15, 0.2) is 0 Å². The van der Waals surface area contributed by atoms with E-state index in [2.05, 4.69) is 9.72 Å². The molecule has 1 rings (SSSR count). The molecule has 0 aliphatic heterocycles. The summed E-state index contributed by atoms with van der Waals surface area (Å²) in [5.41, 5.74) is -1.86. The fourth-order valence-electron chi connectivity index (χ4n) is 1.10. The van der Waals surface area contributed by atoms with Crippen molar-refractivity contribution >= 4 is 22.6 Å². The fraction of sp³-hybridized carbons (Fsp3) is 0.333. The highest BCUT2D eigenvalue weighted by Gasteiger charge is 2.41. The summed E-state index contributed by atoms with van der Waals surface area (Å²) in [5.74, 6) is -1.61. The fourth-order valence-corrected chi connectivity index (χ4v) is 1.72. The van der Waals surface area contributed by atoms with Crippen LogP contribution in [-0.2, 0) is 12.6 Å². The smallest absolute Gasteiger partial charge is 0.387 e. The summed E-state index contributed by atoms with van der Waals surface area (Å²) >= 11 is 1.45. The minimum Gasteiger partial charge on any atom is -0.387 e. The number of hydrogen-bond acceptors (Lipinski definition) is 3. The second-order valence-electron chi connectivity index (χ2n) is 3.15. The van der Waals surface area contributed by atoms with E-state index in [9.17, 15) is 26.3 Å². The van der Waals surface area contributed by atoms with Gasteiger partial charge in [-0.25, -0.2) is 4.98 Å². The molecular formula is C9H3F6IN2O. The number of aromatic nitrogens is 1. The van der Waals surface area contributed by atoms with Crippen LogP contribution in [0.4, 0.5) is 26.3 Å². The average Bonchev–Trinajstić information content (AvgIpc) is 2.19. The van der Waals surface area contributed by atoms with Crippen molar-refractivity contribution < 1.29 is 31.1 Å². The van der Waals surface area contributed by atoms with Crippen molar-refractivity contribution in [1.29, 1.82) is 5.26 Å². The molecule has 0 radical (unpaired) electrons. The molecule has 0 N–H and O–H groups in total. The van der Waals surface area contributed by atoms with Crippen LogP contribution in [0.25, 0.3) is 0 Å². The molecule has 0 saturated heterocycles. The SMILES string of the molecule is N#CCc1nc(OC(F)(F)F)c(C(F)(F)F)cc1I. The Morgan fingerprint density at radius 3 is 2.26 bits per heavy atom. The number of nitrogens with zero attached hydrogens (tertiary/aromatic N) is 2. The lowest BCUT2D eigenvalue weighted by Crippen LogP contribution is -2.22. The van der Waals surface area contributed by atoms with Crippen LogP contribution in [-0.4, -0.2) is 11.3 Å². The Kier molecular flexibility index (Phi) is 4.49. The standard InChI is InChI=1S/C9H3F6IN2O/c10-8(11,12)4-3-5(16)6(1-2-17)18-7(4)19-9(13,14)15/h3H,1H2. The number of pyridine rings is 1. The minimum absolute atomic E-state index is 0.0685. The maximum Gasteiger partial charge on any atom is 0.574 e. The van der Waals surface area contributed by atoms with E-state index in [0.717, 1.165) is 0 Å². The summed E-state index contributed by atoms with van der Waals surface area (Å²) in [5, 5.41) is 8.42. The molecule has 0 aliphatic rings. The Morgan fingerprint density at radius 1 is 1.26 bits per heavy atom. The second-order valence-corrected chi connectivity index (χ2v) is 4.31. The summed E-state index contributed by atoms with van der Waals surface area (Å²) in [6.07, 6.45) is -10.8. The van der Waals surface area contributed by atoms with Crippen LogP contribution in [0.2, 0.25) is 0 Å². The van der Waals surface area contributed by atoms with Gasteiger partial charge in [-0.2, -0.15) is 18.4 Å². The molecule has 0 atom stereocenters. The van der Waals surface area contributed by atoms with Crippen molar-refractivity contribution in [1.82, 2.24) is 4.98 Å². The molecule has 10 heteroatoms. The van der Waals surface area contributed by atoms with Gasteiger partial charge in [-0.1, -0.05) is 0 Å². The molecule has 0 aliphatic carbocycles. The molecule has 104 valence electrons. The number of alkyl halides is 6. The molecule has 0 aromatic carbocycles. The van der Waals surface area contributed by atoms with Gasteiger partial charge in [0, 0.05) is 3.57 Å². The largest absolute Gasteiger partial charge is 0.574 e. The second kappa shape index (κ2) is 5.40. The van der Waals surface area contributed by atoms with Crippen molar-refractivity contribution in [2.24, 2.45) is 0 Å². The van der Waals surface area contributed by atoms with E-state index in [4.69, 9.17) is 5.26 Å². The van der Waals surface area contributed by atoms with Gasteiger partial charge in [0.25, 0.3) is 0 Å². The van der Waals surface area contributed by atoms with E-state index in [1.165, 1.54) is 22.6 Å². The molecule has 0 amide bonds. The van der Waals surface area contributed by atoms with E-state index < -0.39 is 30.4 Å². The predicted molar refractivity (Wildman–Crippen MR) is 58.0 cm³/mol. The van der Waals surface area contributed by atoms with Crippen LogP contribution in [0, 0.1) is 14.9 Å². The molecule has 0 spiro atoms. The van der Waals surface area contributed by atoms with Gasteiger partial charge in [-0.05, 0) is 28.7 Å². The highest BCUT2D eigenvalue weighted by Crippen LogP contribution is 2.38. The molecule has 0 bridgehead atoms. The minimum atomic E-state index is -5.30. The number of halogens is 7. The van der Waals surface area contributed by atoms with E-state index in [1.807, 2.05) is 0 Å². The van der Waals surface area contributed by atoms with Crippen molar-refractivity contribution in [2.45, 2.75) is 19.0 Å². The van der Waals surface area contributed by atoms with Gasteiger partial charge in [-0.15, -0.1) is 13.2 Å². The van der Waals surface area contributed by atoms with Crippen LogP contribution >= 0.6 is 22.6 Å². The molecular weight excluding hydrogens is 393 g/mol. The van der Waals surface area contributed by atoms with Gasteiger partial charge in [-0.3, -0.25) is 0 Å². The first-order valence-corrected chi connectivity index (χ1v) is 5.52. The van der Waals surface area contributed by atoms with E-state index in [1.54, 1.807) is 6.07 Å². The molecule has 3 nitrogen and oxygen atoms in total. The lowest BCUT2D eigenvalue weighted by molar-refractivity contribution is -0.277. The zero-order chi connectivity index (χ0) is 14.8. The molecule has 1 heterocycles. The quantitative estimate of drug-likeness (QED) is 0.567. The summed E-state index contributed by atoms with van der Waals surface area (Å²) in [6.45, 7) is 0. The van der Waals surface area contributed by atoms with Gasteiger partial charge in [0.2, 0.25) is 5.88 Å². The third-order valence-electron chi connectivity index (χ3n) is 1.78. The maximum atomic E-state index is 12.6. The van der Waals surface area contributed by atoms with Gasteiger partial charge in [0.1, 0.15) is 5.56 Å². The third kappa shape index (κ3) is 4.41. The molecule has 0 fully saturated rings. The average molecular weight is 396 g/mol. The highest BCUT2D eigenvalue weighted by molar-refractivity contribution is 14.1. The van der Waals surface area contributed by atoms with Crippen molar-refractivity contribution in [3.05, 3.63) is 20.9 Å². The van der Waals surface area contributed by atoms with Crippen LogP contribution in [0.1, 0.15) is 11.3 Å². The maximum absolute atomic E-state index is 12.6. The Morgan fingerprint density at radius 2 is 1.84 bits per heavy atom. The van der Waals surface area contributed by atoms with E-state index >= 15 is 0 Å². The summed E-state index contributed by atoms with van der Waals surface area (Å²) in [4.78, 5) is 3.12. The number of ether oxygens (including phenoxy) is 1. The Hall–Kier alpha value is -1.25. The summed E-state index contributed by atoms with van der Waals surface area (Å²) in [7, 11) is 0. The van der Waals surface area contributed by atoms with E-state index in [-0.39, 0.29) is 9.26 Å². The van der Waals surface area contributed by atoms with Crippen LogP contribution in [0.3, 0.4) is 0 Å². The number of hydrogen-bond donors (Lipinski definition) is 0. The van der Waals surface area contributed by atoms with Crippen molar-refractivity contribution in [2.75, 3.05) is 0 Å². The lowest BCUT2D eigenvalue weighted by Gasteiger charge is -2.15. The zero-order valence-corrected chi connectivity index (χ0v) is 10.9. The lowest BCUT2D eigenvalue weighted by atomic mass is 10.2. The summed E-state index contributed by atoms with van der Waals surface area (Å²) in [6, 6.07) is 2.05. The first-order valence-electron chi connectivity index (χ1n) is 4.44. The number of nitriles is 1. The van der Waals surface area contributed by atoms with E-state index in [0.29, 0.717) is 6.07 Å². The molecule has 0 saturated carbocycles. The third-order valence-corrected chi connectivity index (χ3v) is 2.71. The molecule has 1 aromatic heterocycles. The Balaban J connectivity index is 3.38. The van der Waals surface area contributed by atoms with Crippen molar-refractivity contribution in [3.63, 3.8) is 0 Å². The normalized spacial score (nSPS) is 12.1. The Bertz CT molecular complexity index is 519. The molecule has 0 unspecified atom stereocenters. The monoisotopic (exact) mass is 396 g/mol. The van der Waals surface area contributed by atoms with Gasteiger partial charge in [0.05, 0.1) is 18.2 Å².